The number of methoxy groups -OCH3 is 1. The summed E-state index contributed by atoms with van der Waals surface area (Å²) in [6.45, 7) is 1.87. The maximum Gasteiger partial charge on any atom is 0.334 e. The molecule has 98 valence electrons. The highest BCUT2D eigenvalue weighted by Gasteiger charge is 2.16. The SMILES string of the molecule is CCC/C(=C\S(=O)(=O)c1ccccc1)C(=O)OC. The molecule has 0 saturated heterocycles. The van der Waals surface area contributed by atoms with E-state index < -0.39 is 15.8 Å². The lowest BCUT2D eigenvalue weighted by Crippen LogP contribution is -2.08. The minimum absolute atomic E-state index is 0.169. The number of hydrogen-bond donors (Lipinski definition) is 0. The van der Waals surface area contributed by atoms with Gasteiger partial charge in [0.05, 0.1) is 12.0 Å². The molecule has 0 aliphatic rings. The Morgan fingerprint density at radius 2 is 1.89 bits per heavy atom. The van der Waals surface area contributed by atoms with E-state index in [-0.39, 0.29) is 10.5 Å². The van der Waals surface area contributed by atoms with Gasteiger partial charge in [0.2, 0.25) is 0 Å². The van der Waals surface area contributed by atoms with E-state index in [1.54, 1.807) is 18.2 Å². The topological polar surface area (TPSA) is 60.4 Å². The molecule has 0 aliphatic heterocycles. The minimum atomic E-state index is -3.60. The van der Waals surface area contributed by atoms with Crippen LogP contribution in [0.1, 0.15) is 19.8 Å². The predicted molar refractivity (Wildman–Crippen MR) is 68.6 cm³/mol. The summed E-state index contributed by atoms with van der Waals surface area (Å²) in [4.78, 5) is 11.6. The molecule has 0 amide bonds. The first-order valence-electron chi connectivity index (χ1n) is 5.60. The summed E-state index contributed by atoms with van der Waals surface area (Å²) in [5.41, 5.74) is 0.170. The van der Waals surface area contributed by atoms with E-state index in [1.807, 2.05) is 6.92 Å². The van der Waals surface area contributed by atoms with Gasteiger partial charge in [-0.1, -0.05) is 31.5 Å². The zero-order valence-corrected chi connectivity index (χ0v) is 11.2. The van der Waals surface area contributed by atoms with E-state index in [4.69, 9.17) is 0 Å². The summed E-state index contributed by atoms with van der Waals surface area (Å²) in [6.07, 6.45) is 1.05. The van der Waals surface area contributed by atoms with E-state index >= 15 is 0 Å². The Morgan fingerprint density at radius 1 is 1.28 bits per heavy atom. The highest BCUT2D eigenvalue weighted by Crippen LogP contribution is 2.16. The Morgan fingerprint density at radius 3 is 2.39 bits per heavy atom. The van der Waals surface area contributed by atoms with Crippen molar-refractivity contribution in [3.05, 3.63) is 41.3 Å². The van der Waals surface area contributed by atoms with Gasteiger partial charge in [-0.05, 0) is 18.6 Å². The first-order chi connectivity index (χ1) is 8.51. The molecule has 0 fully saturated rings. The number of carbonyl (C=O) groups is 1. The van der Waals surface area contributed by atoms with Crippen LogP contribution < -0.4 is 0 Å². The number of rotatable bonds is 5. The Hall–Kier alpha value is -1.62. The summed E-state index contributed by atoms with van der Waals surface area (Å²) < 4.78 is 28.7. The molecule has 1 rings (SSSR count). The third-order valence-corrected chi connectivity index (χ3v) is 3.86. The lowest BCUT2D eigenvalue weighted by Gasteiger charge is -2.04. The van der Waals surface area contributed by atoms with Crippen molar-refractivity contribution < 1.29 is 17.9 Å². The maximum atomic E-state index is 12.1. The molecule has 0 spiro atoms. The summed E-state index contributed by atoms with van der Waals surface area (Å²) in [5.74, 6) is -0.601. The van der Waals surface area contributed by atoms with Crippen molar-refractivity contribution in [2.24, 2.45) is 0 Å². The van der Waals surface area contributed by atoms with Gasteiger partial charge < -0.3 is 4.74 Å². The van der Waals surface area contributed by atoms with E-state index in [1.165, 1.54) is 19.2 Å². The Bertz CT molecular complexity index is 529. The number of esters is 1. The second-order valence-electron chi connectivity index (χ2n) is 3.74. The van der Waals surface area contributed by atoms with Gasteiger partial charge in [-0.15, -0.1) is 0 Å². The molecule has 0 N–H and O–H groups in total. The number of sulfone groups is 1. The Balaban J connectivity index is 3.15. The molecule has 18 heavy (non-hydrogen) atoms. The van der Waals surface area contributed by atoms with Crippen molar-refractivity contribution >= 4 is 15.8 Å². The normalized spacial score (nSPS) is 12.2. The van der Waals surface area contributed by atoms with Crippen LogP contribution in [0.15, 0.2) is 46.2 Å². The molecule has 0 aromatic heterocycles. The van der Waals surface area contributed by atoms with Crippen molar-refractivity contribution in [2.45, 2.75) is 24.7 Å². The van der Waals surface area contributed by atoms with Crippen molar-refractivity contribution in [1.29, 1.82) is 0 Å². The molecule has 0 radical (unpaired) electrons. The molecular weight excluding hydrogens is 252 g/mol. The van der Waals surface area contributed by atoms with Crippen LogP contribution in [-0.2, 0) is 19.4 Å². The van der Waals surface area contributed by atoms with E-state index in [2.05, 4.69) is 4.74 Å². The lowest BCUT2D eigenvalue weighted by atomic mass is 10.2. The lowest BCUT2D eigenvalue weighted by molar-refractivity contribution is -0.136. The monoisotopic (exact) mass is 268 g/mol. The molecule has 1 aromatic rings. The van der Waals surface area contributed by atoms with Gasteiger partial charge in [-0.25, -0.2) is 13.2 Å². The van der Waals surface area contributed by atoms with Gasteiger partial charge in [0.25, 0.3) is 0 Å². The molecule has 0 aliphatic carbocycles. The summed E-state index contributed by atoms with van der Waals surface area (Å²) in [7, 11) is -2.36. The van der Waals surface area contributed by atoms with E-state index in [0.29, 0.717) is 12.8 Å². The number of hydrogen-bond acceptors (Lipinski definition) is 4. The fourth-order valence-electron chi connectivity index (χ4n) is 1.48. The molecule has 1 aromatic carbocycles. The maximum absolute atomic E-state index is 12.1. The fourth-order valence-corrected chi connectivity index (χ4v) is 2.74. The highest BCUT2D eigenvalue weighted by molar-refractivity contribution is 7.94. The first kappa shape index (κ1) is 14.4. The molecule has 4 nitrogen and oxygen atoms in total. The predicted octanol–water partition coefficient (Wildman–Crippen LogP) is 2.32. The first-order valence-corrected chi connectivity index (χ1v) is 7.15. The van der Waals surface area contributed by atoms with E-state index in [0.717, 1.165) is 5.41 Å². The third kappa shape index (κ3) is 3.70. The average molecular weight is 268 g/mol. The average Bonchev–Trinajstić information content (AvgIpc) is 2.38. The van der Waals surface area contributed by atoms with E-state index in [9.17, 15) is 13.2 Å². The molecule has 5 heteroatoms. The van der Waals surface area contributed by atoms with Crippen molar-refractivity contribution in [2.75, 3.05) is 7.11 Å². The molecule has 0 unspecified atom stereocenters. The molecule has 0 heterocycles. The van der Waals surface area contributed by atoms with Crippen molar-refractivity contribution in [3.63, 3.8) is 0 Å². The second kappa shape index (κ2) is 6.35. The quantitative estimate of drug-likeness (QED) is 0.607. The van der Waals surface area contributed by atoms with Gasteiger partial charge in [0.15, 0.2) is 9.84 Å². The van der Waals surface area contributed by atoms with Gasteiger partial charge >= 0.3 is 5.97 Å². The number of ether oxygens (including phenoxy) is 1. The van der Waals surface area contributed by atoms with Gasteiger partial charge in [-0.3, -0.25) is 0 Å². The van der Waals surface area contributed by atoms with Crippen LogP contribution in [0.4, 0.5) is 0 Å². The summed E-state index contributed by atoms with van der Waals surface area (Å²) in [6, 6.07) is 7.99. The largest absolute Gasteiger partial charge is 0.466 e. The van der Waals surface area contributed by atoms with Crippen LogP contribution in [0, 0.1) is 0 Å². The van der Waals surface area contributed by atoms with Gasteiger partial charge in [0, 0.05) is 11.0 Å². The molecule has 0 atom stereocenters. The minimum Gasteiger partial charge on any atom is -0.466 e. The number of carbonyl (C=O) groups excluding carboxylic acids is 1. The smallest absolute Gasteiger partial charge is 0.334 e. The Labute approximate surface area is 107 Å². The standard InChI is InChI=1S/C13H16O4S/c1-3-7-11(13(14)17-2)10-18(15,16)12-8-5-4-6-9-12/h4-6,8-10H,3,7H2,1-2H3/b11-10+. The molecule has 0 bridgehead atoms. The van der Waals surface area contributed by atoms with Crippen LogP contribution in [0.3, 0.4) is 0 Å². The molecule has 0 saturated carbocycles. The van der Waals surface area contributed by atoms with Crippen LogP contribution >= 0.6 is 0 Å². The summed E-state index contributed by atoms with van der Waals surface area (Å²) >= 11 is 0. The van der Waals surface area contributed by atoms with Crippen LogP contribution in [0.5, 0.6) is 0 Å². The fraction of sp³-hybridized carbons (Fsp3) is 0.308. The zero-order chi connectivity index (χ0) is 13.6. The third-order valence-electron chi connectivity index (χ3n) is 2.34. The molecular formula is C13H16O4S. The van der Waals surface area contributed by atoms with Crippen LogP contribution in [-0.4, -0.2) is 21.5 Å². The van der Waals surface area contributed by atoms with Crippen LogP contribution in [0.25, 0.3) is 0 Å². The van der Waals surface area contributed by atoms with Crippen LogP contribution in [0.2, 0.25) is 0 Å². The van der Waals surface area contributed by atoms with Gasteiger partial charge in [-0.2, -0.15) is 0 Å². The second-order valence-corrected chi connectivity index (χ2v) is 5.54. The van der Waals surface area contributed by atoms with Crippen molar-refractivity contribution in [3.8, 4) is 0 Å². The van der Waals surface area contributed by atoms with Crippen molar-refractivity contribution in [1.82, 2.24) is 0 Å². The summed E-state index contributed by atoms with van der Waals surface area (Å²) in [5, 5.41) is 0.998. The van der Waals surface area contributed by atoms with Gasteiger partial charge in [0.1, 0.15) is 0 Å². The Kier molecular flexibility index (Phi) is 5.09. The zero-order valence-electron chi connectivity index (χ0n) is 10.4. The number of benzene rings is 1. The highest BCUT2D eigenvalue weighted by atomic mass is 32.2.